The molecule has 3 nitrogen and oxygen atoms in total. The molecule has 1 aromatic heterocycles. The molecule has 0 saturated carbocycles. The average molecular weight is 404 g/mol. The van der Waals surface area contributed by atoms with Crippen LogP contribution in [0.5, 0.6) is 5.75 Å². The Labute approximate surface area is 154 Å². The van der Waals surface area contributed by atoms with Crippen LogP contribution in [0.3, 0.4) is 0 Å². The van der Waals surface area contributed by atoms with Crippen LogP contribution in [0.15, 0.2) is 42.5 Å². The predicted molar refractivity (Wildman–Crippen MR) is 101 cm³/mol. The summed E-state index contributed by atoms with van der Waals surface area (Å²) in [5.74, 6) is 0.251. The summed E-state index contributed by atoms with van der Waals surface area (Å²) in [5, 5.41) is 1.53. The van der Waals surface area contributed by atoms with Crippen molar-refractivity contribution in [2.45, 2.75) is 19.9 Å². The zero-order valence-corrected chi connectivity index (χ0v) is 15.8. The number of ketones is 1. The molecule has 0 saturated heterocycles. The van der Waals surface area contributed by atoms with E-state index in [0.29, 0.717) is 22.3 Å². The number of hydrogen-bond acceptors (Lipinski definition) is 2. The SMILES string of the molecule is COc1ccc(C(=O)c2c(C)n(CCCBr)c3ccc(F)cc23)cc1. The molecule has 0 aliphatic heterocycles. The molecule has 25 heavy (non-hydrogen) atoms. The molecule has 0 atom stereocenters. The van der Waals surface area contributed by atoms with Gasteiger partial charge in [0.05, 0.1) is 12.7 Å². The van der Waals surface area contributed by atoms with Crippen LogP contribution in [0.4, 0.5) is 4.39 Å². The lowest BCUT2D eigenvalue weighted by molar-refractivity contribution is 0.103. The van der Waals surface area contributed by atoms with Crippen molar-refractivity contribution in [3.8, 4) is 5.75 Å². The molecule has 0 N–H and O–H groups in total. The van der Waals surface area contributed by atoms with Gasteiger partial charge in [0.1, 0.15) is 11.6 Å². The summed E-state index contributed by atoms with van der Waals surface area (Å²) < 4.78 is 21.1. The highest BCUT2D eigenvalue weighted by molar-refractivity contribution is 9.09. The number of hydrogen-bond donors (Lipinski definition) is 0. The third-order valence-corrected chi connectivity index (χ3v) is 4.94. The second-order valence-corrected chi connectivity index (χ2v) is 6.67. The first-order valence-corrected chi connectivity index (χ1v) is 9.22. The number of nitrogens with zero attached hydrogens (tertiary/aromatic N) is 1. The number of benzene rings is 2. The maximum Gasteiger partial charge on any atom is 0.195 e. The number of rotatable bonds is 6. The van der Waals surface area contributed by atoms with Crippen molar-refractivity contribution in [2.75, 3.05) is 12.4 Å². The number of aryl methyl sites for hydroxylation is 1. The number of aromatic nitrogens is 1. The second-order valence-electron chi connectivity index (χ2n) is 5.87. The van der Waals surface area contributed by atoms with Crippen molar-refractivity contribution in [1.82, 2.24) is 4.57 Å². The summed E-state index contributed by atoms with van der Waals surface area (Å²) in [6.45, 7) is 2.69. The van der Waals surface area contributed by atoms with E-state index in [0.717, 1.165) is 29.5 Å². The van der Waals surface area contributed by atoms with Crippen LogP contribution >= 0.6 is 15.9 Å². The van der Waals surface area contributed by atoms with Crippen LogP contribution in [0, 0.1) is 12.7 Å². The highest BCUT2D eigenvalue weighted by Crippen LogP contribution is 2.29. The number of alkyl halides is 1. The van der Waals surface area contributed by atoms with Crippen LogP contribution in [0.2, 0.25) is 0 Å². The maximum atomic E-state index is 13.8. The van der Waals surface area contributed by atoms with Gasteiger partial charge in [0, 0.05) is 34.0 Å². The van der Waals surface area contributed by atoms with Crippen molar-refractivity contribution in [2.24, 2.45) is 0 Å². The van der Waals surface area contributed by atoms with Gasteiger partial charge in [-0.05, 0) is 55.8 Å². The lowest BCUT2D eigenvalue weighted by Crippen LogP contribution is -2.06. The largest absolute Gasteiger partial charge is 0.497 e. The van der Waals surface area contributed by atoms with Crippen molar-refractivity contribution in [3.63, 3.8) is 0 Å². The third kappa shape index (κ3) is 3.33. The Morgan fingerprint density at radius 2 is 1.92 bits per heavy atom. The van der Waals surface area contributed by atoms with Crippen LogP contribution < -0.4 is 4.74 Å². The van der Waals surface area contributed by atoms with Gasteiger partial charge in [-0.15, -0.1) is 0 Å². The van der Waals surface area contributed by atoms with E-state index in [1.807, 2.05) is 6.92 Å². The molecule has 0 amide bonds. The smallest absolute Gasteiger partial charge is 0.195 e. The topological polar surface area (TPSA) is 31.2 Å². The predicted octanol–water partition coefficient (Wildman–Crippen LogP) is 5.11. The summed E-state index contributed by atoms with van der Waals surface area (Å²) >= 11 is 3.44. The van der Waals surface area contributed by atoms with E-state index in [9.17, 15) is 9.18 Å². The van der Waals surface area contributed by atoms with Gasteiger partial charge in [0.25, 0.3) is 0 Å². The number of methoxy groups -OCH3 is 1. The van der Waals surface area contributed by atoms with Crippen LogP contribution in [0.1, 0.15) is 28.0 Å². The fourth-order valence-electron chi connectivity index (χ4n) is 3.13. The summed E-state index contributed by atoms with van der Waals surface area (Å²) in [6, 6.07) is 11.6. The van der Waals surface area contributed by atoms with Gasteiger partial charge in [-0.1, -0.05) is 15.9 Å². The van der Waals surface area contributed by atoms with Gasteiger partial charge in [0.2, 0.25) is 0 Å². The molecular weight excluding hydrogens is 385 g/mol. The van der Waals surface area contributed by atoms with Gasteiger partial charge < -0.3 is 9.30 Å². The Kier molecular flexibility index (Phi) is 5.23. The Bertz CT molecular complexity index is 916. The van der Waals surface area contributed by atoms with Gasteiger partial charge >= 0.3 is 0 Å². The van der Waals surface area contributed by atoms with E-state index >= 15 is 0 Å². The minimum absolute atomic E-state index is 0.103. The highest BCUT2D eigenvalue weighted by atomic mass is 79.9. The summed E-state index contributed by atoms with van der Waals surface area (Å²) in [5.41, 5.74) is 2.88. The van der Waals surface area contributed by atoms with Crippen LogP contribution in [0.25, 0.3) is 10.9 Å². The van der Waals surface area contributed by atoms with Crippen molar-refractivity contribution in [3.05, 3.63) is 65.1 Å². The van der Waals surface area contributed by atoms with E-state index in [1.165, 1.54) is 12.1 Å². The number of halogens is 2. The van der Waals surface area contributed by atoms with Crippen molar-refractivity contribution >= 4 is 32.6 Å². The van der Waals surface area contributed by atoms with Gasteiger partial charge in [-0.2, -0.15) is 0 Å². The standard InChI is InChI=1S/C20H19BrFNO2/c1-13-19(20(24)14-4-7-16(25-2)8-5-14)17-12-15(22)6-9-18(17)23(13)11-3-10-21/h4-9,12H,3,10-11H2,1-2H3. The molecule has 3 aromatic rings. The second kappa shape index (κ2) is 7.40. The summed E-state index contributed by atoms with van der Waals surface area (Å²) in [4.78, 5) is 13.1. The van der Waals surface area contributed by atoms with Crippen LogP contribution in [-0.2, 0) is 6.54 Å². The molecule has 0 unspecified atom stereocenters. The molecule has 130 valence electrons. The van der Waals surface area contributed by atoms with Gasteiger partial charge in [0.15, 0.2) is 5.78 Å². The number of ether oxygens (including phenoxy) is 1. The van der Waals surface area contributed by atoms with E-state index in [1.54, 1.807) is 37.4 Å². The molecule has 0 fully saturated rings. The average Bonchev–Trinajstić information content (AvgIpc) is 2.90. The first kappa shape index (κ1) is 17.7. The minimum Gasteiger partial charge on any atom is -0.497 e. The van der Waals surface area contributed by atoms with Gasteiger partial charge in [-0.25, -0.2) is 4.39 Å². The molecule has 5 heteroatoms. The Morgan fingerprint density at radius 3 is 2.56 bits per heavy atom. The number of carbonyl (C=O) groups excluding carboxylic acids is 1. The number of carbonyl (C=O) groups is 1. The fourth-order valence-corrected chi connectivity index (χ4v) is 3.38. The number of fused-ring (bicyclic) bond motifs is 1. The molecule has 1 heterocycles. The highest BCUT2D eigenvalue weighted by Gasteiger charge is 2.21. The quantitative estimate of drug-likeness (QED) is 0.422. The van der Waals surface area contributed by atoms with E-state index in [-0.39, 0.29) is 11.6 Å². The molecule has 0 radical (unpaired) electrons. The zero-order chi connectivity index (χ0) is 18.0. The normalized spacial score (nSPS) is 11.0. The minimum atomic E-state index is -0.339. The molecule has 3 rings (SSSR count). The van der Waals surface area contributed by atoms with Crippen LogP contribution in [-0.4, -0.2) is 22.8 Å². The lowest BCUT2D eigenvalue weighted by Gasteiger charge is -2.07. The summed E-state index contributed by atoms with van der Waals surface area (Å²) in [7, 11) is 1.58. The first-order chi connectivity index (χ1) is 12.1. The fraction of sp³-hybridized carbons (Fsp3) is 0.250. The molecule has 0 bridgehead atoms. The van der Waals surface area contributed by atoms with E-state index in [2.05, 4.69) is 20.5 Å². The first-order valence-electron chi connectivity index (χ1n) is 8.10. The van der Waals surface area contributed by atoms with E-state index in [4.69, 9.17) is 4.74 Å². The van der Waals surface area contributed by atoms with E-state index < -0.39 is 0 Å². The van der Waals surface area contributed by atoms with Crippen molar-refractivity contribution in [1.29, 1.82) is 0 Å². The molecule has 0 aliphatic rings. The molecule has 2 aromatic carbocycles. The van der Waals surface area contributed by atoms with Gasteiger partial charge in [-0.3, -0.25) is 4.79 Å². The molecule has 0 spiro atoms. The molecular formula is C20H19BrFNO2. The maximum absolute atomic E-state index is 13.8. The van der Waals surface area contributed by atoms with Crippen molar-refractivity contribution < 1.29 is 13.9 Å². The third-order valence-electron chi connectivity index (χ3n) is 4.38. The lowest BCUT2D eigenvalue weighted by atomic mass is 10.0. The zero-order valence-electron chi connectivity index (χ0n) is 14.2. The monoisotopic (exact) mass is 403 g/mol. The Hall–Kier alpha value is -2.14. The Morgan fingerprint density at radius 1 is 1.20 bits per heavy atom. The summed E-state index contributed by atoms with van der Waals surface area (Å²) in [6.07, 6.45) is 0.929. The Balaban J connectivity index is 2.14. The molecule has 0 aliphatic carbocycles.